The lowest BCUT2D eigenvalue weighted by Crippen LogP contribution is -2.39. The fourth-order valence-electron chi connectivity index (χ4n) is 2.40. The average Bonchev–Trinajstić information content (AvgIpc) is 2.54. The molecular weight excluding hydrogens is 172 g/mol. The van der Waals surface area contributed by atoms with Crippen LogP contribution in [0.25, 0.3) is 0 Å². The lowest BCUT2D eigenvalue weighted by Gasteiger charge is -2.29. The van der Waals surface area contributed by atoms with Crippen LogP contribution in [0.4, 0.5) is 0 Å². The molecule has 0 spiro atoms. The van der Waals surface area contributed by atoms with Crippen LogP contribution in [0.1, 0.15) is 40.5 Å². The summed E-state index contributed by atoms with van der Waals surface area (Å²) in [5.41, 5.74) is 6.24. The van der Waals surface area contributed by atoms with Crippen LogP contribution in [-0.4, -0.2) is 30.6 Å². The molecule has 84 valence electrons. The van der Waals surface area contributed by atoms with Gasteiger partial charge >= 0.3 is 0 Å². The molecule has 0 saturated carbocycles. The first kappa shape index (κ1) is 12.0. The van der Waals surface area contributed by atoms with E-state index in [2.05, 4.69) is 32.6 Å². The van der Waals surface area contributed by atoms with Crippen LogP contribution in [0.15, 0.2) is 0 Å². The fraction of sp³-hybridized carbons (Fsp3) is 1.00. The van der Waals surface area contributed by atoms with Crippen molar-refractivity contribution in [2.75, 3.05) is 19.6 Å². The first-order chi connectivity index (χ1) is 6.49. The van der Waals surface area contributed by atoms with E-state index in [9.17, 15) is 0 Å². The van der Waals surface area contributed by atoms with Crippen LogP contribution in [-0.2, 0) is 0 Å². The Morgan fingerprint density at radius 1 is 1.43 bits per heavy atom. The second-order valence-electron chi connectivity index (χ2n) is 5.64. The summed E-state index contributed by atoms with van der Waals surface area (Å²) in [6.45, 7) is 12.6. The molecule has 0 amide bonds. The molecular formula is C12H26N2. The summed E-state index contributed by atoms with van der Waals surface area (Å²) in [7, 11) is 0. The normalized spacial score (nSPS) is 26.8. The number of nitrogens with zero attached hydrogens (tertiary/aromatic N) is 1. The Labute approximate surface area is 88.8 Å². The van der Waals surface area contributed by atoms with E-state index in [1.54, 1.807) is 0 Å². The standard InChI is InChI=1S/C12H26N2/c1-5-11(8-13)14-7-6-10(9-14)12(2,3)4/h10-11H,5-9,13H2,1-4H3. The first-order valence-corrected chi connectivity index (χ1v) is 5.93. The van der Waals surface area contributed by atoms with Crippen molar-refractivity contribution in [3.63, 3.8) is 0 Å². The molecule has 2 unspecified atom stereocenters. The van der Waals surface area contributed by atoms with Crippen LogP contribution in [0.2, 0.25) is 0 Å². The van der Waals surface area contributed by atoms with Gasteiger partial charge in [-0.3, -0.25) is 4.90 Å². The number of nitrogens with two attached hydrogens (primary N) is 1. The Morgan fingerprint density at radius 2 is 2.07 bits per heavy atom. The molecule has 0 aromatic rings. The van der Waals surface area contributed by atoms with Crippen molar-refractivity contribution in [2.45, 2.75) is 46.6 Å². The number of hydrogen-bond acceptors (Lipinski definition) is 2. The average molecular weight is 198 g/mol. The van der Waals surface area contributed by atoms with E-state index < -0.39 is 0 Å². The number of hydrogen-bond donors (Lipinski definition) is 1. The molecule has 0 aliphatic carbocycles. The molecule has 1 aliphatic heterocycles. The molecule has 1 rings (SSSR count). The van der Waals surface area contributed by atoms with Gasteiger partial charge in [-0.15, -0.1) is 0 Å². The van der Waals surface area contributed by atoms with Gasteiger partial charge in [0.1, 0.15) is 0 Å². The molecule has 0 aromatic heterocycles. The van der Waals surface area contributed by atoms with Gasteiger partial charge in [0, 0.05) is 19.1 Å². The van der Waals surface area contributed by atoms with Crippen molar-refractivity contribution < 1.29 is 0 Å². The lowest BCUT2D eigenvalue weighted by atomic mass is 9.80. The fourth-order valence-corrected chi connectivity index (χ4v) is 2.40. The van der Waals surface area contributed by atoms with Crippen molar-refractivity contribution in [1.82, 2.24) is 4.90 Å². The smallest absolute Gasteiger partial charge is 0.0215 e. The van der Waals surface area contributed by atoms with E-state index in [0.717, 1.165) is 12.5 Å². The maximum atomic E-state index is 5.78. The highest BCUT2D eigenvalue weighted by atomic mass is 15.2. The Hall–Kier alpha value is -0.0800. The summed E-state index contributed by atoms with van der Waals surface area (Å²) in [6.07, 6.45) is 2.54. The molecule has 1 saturated heterocycles. The van der Waals surface area contributed by atoms with Gasteiger partial charge in [0.15, 0.2) is 0 Å². The van der Waals surface area contributed by atoms with Crippen LogP contribution in [0.5, 0.6) is 0 Å². The SMILES string of the molecule is CCC(CN)N1CCC(C(C)(C)C)C1. The molecule has 2 N–H and O–H groups in total. The van der Waals surface area contributed by atoms with Crippen molar-refractivity contribution in [3.8, 4) is 0 Å². The number of rotatable bonds is 3. The van der Waals surface area contributed by atoms with Gasteiger partial charge in [-0.05, 0) is 30.7 Å². The second-order valence-corrected chi connectivity index (χ2v) is 5.64. The van der Waals surface area contributed by atoms with E-state index in [4.69, 9.17) is 5.73 Å². The third kappa shape index (κ3) is 2.71. The highest BCUT2D eigenvalue weighted by Crippen LogP contribution is 2.34. The zero-order chi connectivity index (χ0) is 10.8. The van der Waals surface area contributed by atoms with Crippen molar-refractivity contribution in [2.24, 2.45) is 17.1 Å². The van der Waals surface area contributed by atoms with Crippen molar-refractivity contribution in [1.29, 1.82) is 0 Å². The third-order valence-corrected chi connectivity index (χ3v) is 3.70. The van der Waals surface area contributed by atoms with E-state index in [1.807, 2.05) is 0 Å². The quantitative estimate of drug-likeness (QED) is 0.752. The zero-order valence-corrected chi connectivity index (χ0v) is 10.2. The summed E-state index contributed by atoms with van der Waals surface area (Å²) in [5, 5.41) is 0. The Morgan fingerprint density at radius 3 is 2.43 bits per heavy atom. The molecule has 2 heteroatoms. The van der Waals surface area contributed by atoms with Crippen LogP contribution >= 0.6 is 0 Å². The third-order valence-electron chi connectivity index (χ3n) is 3.70. The first-order valence-electron chi connectivity index (χ1n) is 5.93. The van der Waals surface area contributed by atoms with E-state index in [0.29, 0.717) is 11.5 Å². The molecule has 0 bridgehead atoms. The minimum atomic E-state index is 0.460. The molecule has 1 heterocycles. The largest absolute Gasteiger partial charge is 0.329 e. The van der Waals surface area contributed by atoms with Gasteiger partial charge in [0.2, 0.25) is 0 Å². The van der Waals surface area contributed by atoms with Gasteiger partial charge in [-0.2, -0.15) is 0 Å². The van der Waals surface area contributed by atoms with E-state index in [-0.39, 0.29) is 0 Å². The van der Waals surface area contributed by atoms with Gasteiger partial charge in [-0.25, -0.2) is 0 Å². The monoisotopic (exact) mass is 198 g/mol. The highest BCUT2D eigenvalue weighted by Gasteiger charge is 2.33. The van der Waals surface area contributed by atoms with Crippen molar-refractivity contribution >= 4 is 0 Å². The Bertz CT molecular complexity index is 168. The molecule has 2 nitrogen and oxygen atoms in total. The molecule has 0 aromatic carbocycles. The molecule has 1 fully saturated rings. The summed E-state index contributed by atoms with van der Waals surface area (Å²) in [4.78, 5) is 2.58. The highest BCUT2D eigenvalue weighted by molar-refractivity contribution is 4.86. The molecule has 1 aliphatic rings. The summed E-state index contributed by atoms with van der Waals surface area (Å²) >= 11 is 0. The topological polar surface area (TPSA) is 29.3 Å². The summed E-state index contributed by atoms with van der Waals surface area (Å²) in [6, 6.07) is 0.613. The minimum Gasteiger partial charge on any atom is -0.329 e. The van der Waals surface area contributed by atoms with Crippen molar-refractivity contribution in [3.05, 3.63) is 0 Å². The summed E-state index contributed by atoms with van der Waals surface area (Å²) in [5.74, 6) is 0.850. The van der Waals surface area contributed by atoms with Crippen LogP contribution < -0.4 is 5.73 Å². The summed E-state index contributed by atoms with van der Waals surface area (Å²) < 4.78 is 0. The Balaban J connectivity index is 2.48. The Kier molecular flexibility index (Phi) is 3.96. The predicted molar refractivity (Wildman–Crippen MR) is 62.3 cm³/mol. The van der Waals surface area contributed by atoms with Gasteiger partial charge in [-0.1, -0.05) is 27.7 Å². The van der Waals surface area contributed by atoms with E-state index >= 15 is 0 Å². The zero-order valence-electron chi connectivity index (χ0n) is 10.2. The second kappa shape index (κ2) is 4.63. The maximum Gasteiger partial charge on any atom is 0.0215 e. The van der Waals surface area contributed by atoms with Gasteiger partial charge < -0.3 is 5.73 Å². The molecule has 2 atom stereocenters. The lowest BCUT2D eigenvalue weighted by molar-refractivity contribution is 0.194. The van der Waals surface area contributed by atoms with Gasteiger partial charge in [0.05, 0.1) is 0 Å². The number of likely N-dealkylation sites (tertiary alicyclic amines) is 1. The van der Waals surface area contributed by atoms with E-state index in [1.165, 1.54) is 25.9 Å². The molecule has 0 radical (unpaired) electrons. The van der Waals surface area contributed by atoms with Crippen LogP contribution in [0.3, 0.4) is 0 Å². The molecule has 14 heavy (non-hydrogen) atoms. The minimum absolute atomic E-state index is 0.460. The van der Waals surface area contributed by atoms with Crippen LogP contribution in [0, 0.1) is 11.3 Å². The van der Waals surface area contributed by atoms with Gasteiger partial charge in [0.25, 0.3) is 0 Å². The maximum absolute atomic E-state index is 5.78. The predicted octanol–water partition coefficient (Wildman–Crippen LogP) is 2.09.